The van der Waals surface area contributed by atoms with Gasteiger partial charge in [0.05, 0.1) is 5.69 Å². The third kappa shape index (κ3) is 4.14. The van der Waals surface area contributed by atoms with Crippen molar-refractivity contribution in [1.29, 1.82) is 0 Å². The van der Waals surface area contributed by atoms with Crippen LogP contribution in [0.15, 0.2) is 0 Å². The molecule has 1 aromatic rings. The van der Waals surface area contributed by atoms with Crippen LogP contribution in [-0.4, -0.2) is 37.1 Å². The maximum Gasteiger partial charge on any atom is 0.185 e. The molecule has 0 amide bonds. The normalized spacial score (nSPS) is 12.7. The summed E-state index contributed by atoms with van der Waals surface area (Å²) in [7, 11) is 4.15. The van der Waals surface area contributed by atoms with Crippen LogP contribution in [0.1, 0.15) is 30.8 Å². The molecule has 18 heavy (non-hydrogen) atoms. The topological polar surface area (TPSA) is 28.2 Å². The van der Waals surface area contributed by atoms with Gasteiger partial charge in [0, 0.05) is 30.3 Å². The number of thioether (sulfide) groups is 1. The lowest BCUT2D eigenvalue weighted by Gasteiger charge is -2.23. The highest BCUT2D eigenvalue weighted by molar-refractivity contribution is 7.98. The molecule has 1 N–H and O–H groups in total. The van der Waals surface area contributed by atoms with Gasteiger partial charge in [-0.05, 0) is 26.6 Å². The standard InChI is InChI=1S/C13H25N3S2/c1-6-7-11-12(8-14-3)18-13(15-11)16(4)10(2)9-17-5/h10,14H,6-9H2,1-5H3. The summed E-state index contributed by atoms with van der Waals surface area (Å²) in [5.74, 6) is 1.14. The van der Waals surface area contributed by atoms with E-state index in [1.54, 1.807) is 0 Å². The van der Waals surface area contributed by atoms with Crippen molar-refractivity contribution in [3.63, 3.8) is 0 Å². The third-order valence-electron chi connectivity index (χ3n) is 2.96. The Morgan fingerprint density at radius 2 is 2.22 bits per heavy atom. The average molecular weight is 287 g/mol. The fourth-order valence-electron chi connectivity index (χ4n) is 1.79. The van der Waals surface area contributed by atoms with Crippen molar-refractivity contribution < 1.29 is 0 Å². The number of rotatable bonds is 8. The molecule has 1 atom stereocenters. The number of anilines is 1. The summed E-state index contributed by atoms with van der Waals surface area (Å²) in [6.45, 7) is 5.40. The minimum absolute atomic E-state index is 0.531. The maximum atomic E-state index is 4.82. The van der Waals surface area contributed by atoms with Gasteiger partial charge in [-0.25, -0.2) is 4.98 Å². The monoisotopic (exact) mass is 287 g/mol. The number of nitrogens with zero attached hydrogens (tertiary/aromatic N) is 2. The summed E-state index contributed by atoms with van der Waals surface area (Å²) in [5, 5.41) is 4.39. The Morgan fingerprint density at radius 3 is 2.78 bits per heavy atom. The Balaban J connectivity index is 2.85. The summed E-state index contributed by atoms with van der Waals surface area (Å²) >= 11 is 3.72. The molecule has 1 unspecified atom stereocenters. The first kappa shape index (κ1) is 15.8. The molecule has 3 nitrogen and oxygen atoms in total. The highest BCUT2D eigenvalue weighted by atomic mass is 32.2. The van der Waals surface area contributed by atoms with E-state index in [-0.39, 0.29) is 0 Å². The van der Waals surface area contributed by atoms with Gasteiger partial charge in [0.15, 0.2) is 5.13 Å². The average Bonchev–Trinajstić information content (AvgIpc) is 2.73. The smallest absolute Gasteiger partial charge is 0.185 e. The fourth-order valence-corrected chi connectivity index (χ4v) is 3.68. The summed E-state index contributed by atoms with van der Waals surface area (Å²) in [6.07, 6.45) is 4.39. The van der Waals surface area contributed by atoms with Crippen molar-refractivity contribution >= 4 is 28.2 Å². The van der Waals surface area contributed by atoms with Gasteiger partial charge in [-0.15, -0.1) is 11.3 Å². The lowest BCUT2D eigenvalue weighted by atomic mass is 10.2. The van der Waals surface area contributed by atoms with Gasteiger partial charge in [0.2, 0.25) is 0 Å². The van der Waals surface area contributed by atoms with Crippen molar-refractivity contribution in [3.05, 3.63) is 10.6 Å². The van der Waals surface area contributed by atoms with E-state index in [2.05, 4.69) is 37.4 Å². The second-order valence-corrected chi connectivity index (χ2v) is 6.53. The van der Waals surface area contributed by atoms with Crippen LogP contribution in [-0.2, 0) is 13.0 Å². The summed E-state index contributed by atoms with van der Waals surface area (Å²) < 4.78 is 0. The van der Waals surface area contributed by atoms with Crippen LogP contribution in [0.4, 0.5) is 5.13 Å². The third-order valence-corrected chi connectivity index (χ3v) is 4.97. The van der Waals surface area contributed by atoms with Crippen molar-refractivity contribution in [2.45, 2.75) is 39.3 Å². The van der Waals surface area contributed by atoms with Crippen LogP contribution < -0.4 is 10.2 Å². The Bertz CT molecular complexity index is 329. The van der Waals surface area contributed by atoms with Gasteiger partial charge < -0.3 is 10.2 Å². The molecule has 104 valence electrons. The van der Waals surface area contributed by atoms with Crippen molar-refractivity contribution in [3.8, 4) is 0 Å². The number of thiazole rings is 1. The molecule has 1 heterocycles. The number of nitrogens with one attached hydrogen (secondary N) is 1. The van der Waals surface area contributed by atoms with Crippen LogP contribution in [0.25, 0.3) is 0 Å². The van der Waals surface area contributed by atoms with E-state index in [1.807, 2.05) is 30.1 Å². The van der Waals surface area contributed by atoms with E-state index in [9.17, 15) is 0 Å². The van der Waals surface area contributed by atoms with Crippen molar-refractivity contribution in [1.82, 2.24) is 10.3 Å². The minimum atomic E-state index is 0.531. The first-order valence-corrected chi connectivity index (χ1v) is 8.70. The lowest BCUT2D eigenvalue weighted by Crippen LogP contribution is -2.30. The predicted octanol–water partition coefficient (Wildman–Crippen LogP) is 3.00. The van der Waals surface area contributed by atoms with Gasteiger partial charge >= 0.3 is 0 Å². The SMILES string of the molecule is CCCc1nc(N(C)C(C)CSC)sc1CNC. The highest BCUT2D eigenvalue weighted by Crippen LogP contribution is 2.28. The zero-order valence-electron chi connectivity index (χ0n) is 12.1. The molecule has 0 aromatic carbocycles. The van der Waals surface area contributed by atoms with E-state index in [1.165, 1.54) is 10.6 Å². The van der Waals surface area contributed by atoms with Gasteiger partial charge in [0.25, 0.3) is 0 Å². The van der Waals surface area contributed by atoms with Crippen molar-refractivity contribution in [2.75, 3.05) is 31.0 Å². The van der Waals surface area contributed by atoms with E-state index in [4.69, 9.17) is 4.98 Å². The maximum absolute atomic E-state index is 4.82. The van der Waals surface area contributed by atoms with E-state index < -0.39 is 0 Å². The van der Waals surface area contributed by atoms with Crippen LogP contribution in [0, 0.1) is 0 Å². The largest absolute Gasteiger partial charge is 0.348 e. The van der Waals surface area contributed by atoms with E-state index >= 15 is 0 Å². The molecule has 0 bridgehead atoms. The molecule has 0 saturated carbocycles. The number of aryl methyl sites for hydroxylation is 1. The van der Waals surface area contributed by atoms with Gasteiger partial charge in [-0.2, -0.15) is 11.8 Å². The molecule has 0 aliphatic rings. The van der Waals surface area contributed by atoms with Gasteiger partial charge in [-0.1, -0.05) is 13.3 Å². The first-order chi connectivity index (χ1) is 8.63. The second kappa shape index (κ2) is 8.02. The molecule has 0 saturated heterocycles. The predicted molar refractivity (Wildman–Crippen MR) is 85.1 cm³/mol. The van der Waals surface area contributed by atoms with Crippen LogP contribution in [0.5, 0.6) is 0 Å². The first-order valence-electron chi connectivity index (χ1n) is 6.48. The molecule has 0 radical (unpaired) electrons. The highest BCUT2D eigenvalue weighted by Gasteiger charge is 2.16. The number of aromatic nitrogens is 1. The van der Waals surface area contributed by atoms with Gasteiger partial charge in [0.1, 0.15) is 0 Å². The zero-order chi connectivity index (χ0) is 13.5. The molecule has 1 aromatic heterocycles. The Hall–Kier alpha value is -0.260. The summed E-state index contributed by atoms with van der Waals surface area (Å²) in [4.78, 5) is 8.51. The molecule has 0 aliphatic carbocycles. The quantitative estimate of drug-likeness (QED) is 0.795. The molecule has 1 rings (SSSR count). The fraction of sp³-hybridized carbons (Fsp3) is 0.769. The lowest BCUT2D eigenvalue weighted by molar-refractivity contribution is 0.755. The molecule has 0 aliphatic heterocycles. The zero-order valence-corrected chi connectivity index (χ0v) is 13.7. The Labute approximate surface area is 119 Å². The summed E-state index contributed by atoms with van der Waals surface area (Å²) in [6, 6.07) is 0.531. The molecular formula is C13H25N3S2. The Kier molecular flexibility index (Phi) is 7.04. The number of hydrogen-bond donors (Lipinski definition) is 1. The van der Waals surface area contributed by atoms with Crippen LogP contribution in [0.3, 0.4) is 0 Å². The van der Waals surface area contributed by atoms with Crippen LogP contribution >= 0.6 is 23.1 Å². The molecule has 5 heteroatoms. The molecular weight excluding hydrogens is 262 g/mol. The molecule has 0 fully saturated rings. The van der Waals surface area contributed by atoms with Crippen molar-refractivity contribution in [2.24, 2.45) is 0 Å². The van der Waals surface area contributed by atoms with Crippen LogP contribution in [0.2, 0.25) is 0 Å². The summed E-state index contributed by atoms with van der Waals surface area (Å²) in [5.41, 5.74) is 1.27. The van der Waals surface area contributed by atoms with E-state index in [0.29, 0.717) is 6.04 Å². The Morgan fingerprint density at radius 1 is 1.50 bits per heavy atom. The van der Waals surface area contributed by atoms with E-state index in [0.717, 1.165) is 30.3 Å². The number of hydrogen-bond acceptors (Lipinski definition) is 5. The molecule has 0 spiro atoms. The second-order valence-electron chi connectivity index (χ2n) is 4.56. The minimum Gasteiger partial charge on any atom is -0.348 e. The van der Waals surface area contributed by atoms with Gasteiger partial charge in [-0.3, -0.25) is 0 Å².